The number of benzene rings is 2. The first-order valence-corrected chi connectivity index (χ1v) is 8.38. The van der Waals surface area contributed by atoms with Gasteiger partial charge in [0.2, 0.25) is 0 Å². The van der Waals surface area contributed by atoms with Crippen LogP contribution in [0.15, 0.2) is 59.5 Å². The number of hydrogen-bond acceptors (Lipinski definition) is 4. The summed E-state index contributed by atoms with van der Waals surface area (Å²) >= 11 is 0. The van der Waals surface area contributed by atoms with Crippen LogP contribution in [0.4, 0.5) is 0 Å². The molecule has 0 spiro atoms. The quantitative estimate of drug-likeness (QED) is 0.865. The van der Waals surface area contributed by atoms with Crippen molar-refractivity contribution in [1.82, 2.24) is 0 Å². The highest BCUT2D eigenvalue weighted by molar-refractivity contribution is 7.91. The van der Waals surface area contributed by atoms with E-state index < -0.39 is 21.3 Å². The van der Waals surface area contributed by atoms with Crippen LogP contribution < -0.4 is 5.73 Å². The van der Waals surface area contributed by atoms with Gasteiger partial charge in [-0.2, -0.15) is 0 Å². The topological polar surface area (TPSA) is 97.5 Å². The van der Waals surface area contributed by atoms with Gasteiger partial charge < -0.3 is 10.8 Å². The zero-order valence-corrected chi connectivity index (χ0v) is 12.9. The molecule has 0 saturated heterocycles. The van der Waals surface area contributed by atoms with Gasteiger partial charge in [0.15, 0.2) is 15.4 Å². The second-order valence-corrected chi connectivity index (χ2v) is 7.15. The molecule has 0 bridgehead atoms. The smallest absolute Gasteiger partial charge is 0.258 e. The number of sulfone groups is 1. The van der Waals surface area contributed by atoms with Crippen LogP contribution in [0, 0.1) is 0 Å². The minimum atomic E-state index is -3.34. The molecular weight excluding hydrogens is 302 g/mol. The fourth-order valence-corrected chi connectivity index (χ4v) is 3.08. The van der Waals surface area contributed by atoms with Gasteiger partial charge in [-0.15, -0.1) is 0 Å². The third-order valence-corrected chi connectivity index (χ3v) is 5.31. The molecular formula is C16H17NO4S. The maximum Gasteiger partial charge on any atom is 0.258 e. The molecule has 2 rings (SSSR count). The van der Waals surface area contributed by atoms with Gasteiger partial charge in [-0.3, -0.25) is 4.79 Å². The van der Waals surface area contributed by atoms with E-state index in [0.29, 0.717) is 5.56 Å². The molecule has 0 heterocycles. The van der Waals surface area contributed by atoms with Gasteiger partial charge >= 0.3 is 0 Å². The van der Waals surface area contributed by atoms with Gasteiger partial charge in [0, 0.05) is 0 Å². The standard InChI is InChI=1S/C16H17NO4S/c1-2-22(20,21)14-10-8-13(9-11-14)16(19,15(17)18)12-6-4-3-5-7-12/h3-11,19H,2H2,1H3,(H2,17,18). The SMILES string of the molecule is CCS(=O)(=O)c1ccc(C(O)(C(N)=O)c2ccccc2)cc1. The van der Waals surface area contributed by atoms with E-state index in [0.717, 1.165) is 0 Å². The Kier molecular flexibility index (Phi) is 4.35. The highest BCUT2D eigenvalue weighted by Crippen LogP contribution is 2.30. The third-order valence-electron chi connectivity index (χ3n) is 3.56. The van der Waals surface area contributed by atoms with Crippen LogP contribution in [0.2, 0.25) is 0 Å². The van der Waals surface area contributed by atoms with E-state index in [1.807, 2.05) is 0 Å². The summed E-state index contributed by atoms with van der Waals surface area (Å²) in [4.78, 5) is 12.0. The lowest BCUT2D eigenvalue weighted by Crippen LogP contribution is -2.42. The predicted octanol–water partition coefficient (Wildman–Crippen LogP) is 1.20. The first-order chi connectivity index (χ1) is 10.3. The Morgan fingerprint density at radius 2 is 1.55 bits per heavy atom. The lowest BCUT2D eigenvalue weighted by molar-refractivity contribution is -0.133. The van der Waals surface area contributed by atoms with Crippen LogP contribution in [-0.2, 0) is 20.2 Å². The van der Waals surface area contributed by atoms with E-state index in [9.17, 15) is 18.3 Å². The lowest BCUT2D eigenvalue weighted by Gasteiger charge is -2.25. The van der Waals surface area contributed by atoms with Crippen LogP contribution in [0.1, 0.15) is 18.1 Å². The fraction of sp³-hybridized carbons (Fsp3) is 0.188. The van der Waals surface area contributed by atoms with E-state index >= 15 is 0 Å². The molecule has 22 heavy (non-hydrogen) atoms. The highest BCUT2D eigenvalue weighted by Gasteiger charge is 2.38. The number of nitrogens with two attached hydrogens (primary N) is 1. The van der Waals surface area contributed by atoms with E-state index in [2.05, 4.69) is 0 Å². The maximum absolute atomic E-state index is 11.8. The molecule has 6 heteroatoms. The average molecular weight is 319 g/mol. The van der Waals surface area contributed by atoms with Crippen LogP contribution >= 0.6 is 0 Å². The van der Waals surface area contributed by atoms with Gasteiger partial charge in [-0.25, -0.2) is 8.42 Å². The molecule has 0 aliphatic carbocycles. The number of carbonyl (C=O) groups excluding carboxylic acids is 1. The number of amides is 1. The summed E-state index contributed by atoms with van der Waals surface area (Å²) in [5.74, 6) is -0.949. The molecule has 1 amide bonds. The lowest BCUT2D eigenvalue weighted by atomic mass is 9.86. The summed E-state index contributed by atoms with van der Waals surface area (Å²) in [5.41, 5.74) is 3.92. The molecule has 0 radical (unpaired) electrons. The van der Waals surface area contributed by atoms with Gasteiger partial charge in [0.1, 0.15) is 0 Å². The van der Waals surface area contributed by atoms with E-state index in [-0.39, 0.29) is 16.2 Å². The van der Waals surface area contributed by atoms with Crippen molar-refractivity contribution in [2.75, 3.05) is 5.75 Å². The molecule has 0 fully saturated rings. The number of aliphatic hydroxyl groups is 1. The summed E-state index contributed by atoms with van der Waals surface area (Å²) in [6.07, 6.45) is 0. The Hall–Kier alpha value is -2.18. The van der Waals surface area contributed by atoms with Gasteiger partial charge in [0.25, 0.3) is 5.91 Å². The molecule has 0 saturated carbocycles. The summed E-state index contributed by atoms with van der Waals surface area (Å²) in [5, 5.41) is 10.8. The largest absolute Gasteiger partial charge is 0.372 e. The summed E-state index contributed by atoms with van der Waals surface area (Å²) in [6.45, 7) is 1.55. The molecule has 2 aromatic rings. The molecule has 0 aromatic heterocycles. The fourth-order valence-electron chi connectivity index (χ4n) is 2.20. The van der Waals surface area contributed by atoms with Crippen LogP contribution in [0.5, 0.6) is 0 Å². The maximum atomic E-state index is 11.8. The Morgan fingerprint density at radius 1 is 1.05 bits per heavy atom. The molecule has 1 atom stereocenters. The number of primary amides is 1. The van der Waals surface area contributed by atoms with Crippen molar-refractivity contribution in [3.05, 3.63) is 65.7 Å². The summed E-state index contributed by atoms with van der Waals surface area (Å²) in [7, 11) is -3.34. The highest BCUT2D eigenvalue weighted by atomic mass is 32.2. The third kappa shape index (κ3) is 2.75. The monoisotopic (exact) mass is 319 g/mol. The Bertz CT molecular complexity index is 770. The summed E-state index contributed by atoms with van der Waals surface area (Å²) < 4.78 is 23.6. The number of carbonyl (C=O) groups is 1. The van der Waals surface area contributed by atoms with Crippen LogP contribution in [-0.4, -0.2) is 25.2 Å². The Balaban J connectivity index is 2.54. The Morgan fingerprint density at radius 3 is 2.00 bits per heavy atom. The molecule has 1 unspecified atom stereocenters. The normalized spacial score (nSPS) is 14.3. The summed E-state index contributed by atoms with van der Waals surface area (Å²) in [6, 6.07) is 13.8. The van der Waals surface area contributed by atoms with Crippen LogP contribution in [0.25, 0.3) is 0 Å². The van der Waals surface area contributed by atoms with Crippen molar-refractivity contribution < 1.29 is 18.3 Å². The molecule has 0 aliphatic heterocycles. The van der Waals surface area contributed by atoms with Crippen molar-refractivity contribution in [3.63, 3.8) is 0 Å². The predicted molar refractivity (Wildman–Crippen MR) is 82.8 cm³/mol. The zero-order chi connectivity index (χ0) is 16.4. The van der Waals surface area contributed by atoms with E-state index in [4.69, 9.17) is 5.73 Å². The minimum absolute atomic E-state index is 0.0227. The van der Waals surface area contributed by atoms with Crippen molar-refractivity contribution >= 4 is 15.7 Å². The minimum Gasteiger partial charge on any atom is -0.372 e. The number of hydrogen-bond donors (Lipinski definition) is 2. The van der Waals surface area contributed by atoms with Gasteiger partial charge in [0.05, 0.1) is 10.6 Å². The first kappa shape index (κ1) is 16.2. The first-order valence-electron chi connectivity index (χ1n) is 6.73. The van der Waals surface area contributed by atoms with Crippen molar-refractivity contribution in [2.24, 2.45) is 5.73 Å². The second kappa shape index (κ2) is 5.90. The molecule has 2 aromatic carbocycles. The Labute approximate surface area is 129 Å². The van der Waals surface area contributed by atoms with E-state index in [1.165, 1.54) is 24.3 Å². The molecule has 0 aliphatic rings. The van der Waals surface area contributed by atoms with E-state index in [1.54, 1.807) is 37.3 Å². The molecule has 116 valence electrons. The molecule has 3 N–H and O–H groups in total. The molecule has 5 nitrogen and oxygen atoms in total. The van der Waals surface area contributed by atoms with Crippen molar-refractivity contribution in [2.45, 2.75) is 17.4 Å². The van der Waals surface area contributed by atoms with Gasteiger partial charge in [-0.05, 0) is 23.3 Å². The van der Waals surface area contributed by atoms with Crippen molar-refractivity contribution in [3.8, 4) is 0 Å². The number of rotatable bonds is 5. The van der Waals surface area contributed by atoms with Crippen molar-refractivity contribution in [1.29, 1.82) is 0 Å². The average Bonchev–Trinajstić information content (AvgIpc) is 2.54. The van der Waals surface area contributed by atoms with Gasteiger partial charge in [-0.1, -0.05) is 49.4 Å². The zero-order valence-electron chi connectivity index (χ0n) is 12.1. The van der Waals surface area contributed by atoms with Crippen LogP contribution in [0.3, 0.4) is 0 Å². The second-order valence-electron chi connectivity index (χ2n) is 4.87.